The minimum absolute atomic E-state index is 0.0193. The van der Waals surface area contributed by atoms with Crippen LogP contribution in [0.2, 0.25) is 0 Å². The first-order valence-electron chi connectivity index (χ1n) is 7.47. The van der Waals surface area contributed by atoms with Crippen LogP contribution in [0.4, 0.5) is 0 Å². The summed E-state index contributed by atoms with van der Waals surface area (Å²) in [6.07, 6.45) is 0. The van der Waals surface area contributed by atoms with Crippen molar-refractivity contribution in [1.82, 2.24) is 5.32 Å². The molecule has 3 aromatic rings. The van der Waals surface area contributed by atoms with Gasteiger partial charge in [-0.1, -0.05) is 60.2 Å². The summed E-state index contributed by atoms with van der Waals surface area (Å²) in [5.41, 5.74) is 3.99. The third kappa shape index (κ3) is 2.86. The Balaban J connectivity index is 1.82. The molecule has 0 atom stereocenters. The summed E-state index contributed by atoms with van der Waals surface area (Å²) in [6, 6.07) is 20.4. The SMILES string of the molecule is Cc1ccc(C)c(C(=O)NCc2cccc3ccccc23)c1. The van der Waals surface area contributed by atoms with Crippen LogP contribution in [0, 0.1) is 13.8 Å². The molecule has 0 aliphatic carbocycles. The summed E-state index contributed by atoms with van der Waals surface area (Å²) in [7, 11) is 0. The standard InChI is InChI=1S/C20H19NO/c1-14-10-11-15(2)19(12-14)20(22)21-13-17-8-5-7-16-6-3-4-9-18(16)17/h3-12H,13H2,1-2H3,(H,21,22). The highest BCUT2D eigenvalue weighted by atomic mass is 16.1. The first kappa shape index (κ1) is 14.3. The molecule has 2 heteroatoms. The van der Waals surface area contributed by atoms with E-state index in [0.29, 0.717) is 6.54 Å². The van der Waals surface area contributed by atoms with Gasteiger partial charge in [0.25, 0.3) is 5.91 Å². The number of carbonyl (C=O) groups is 1. The zero-order valence-electron chi connectivity index (χ0n) is 12.9. The highest BCUT2D eigenvalue weighted by Gasteiger charge is 2.09. The molecule has 0 heterocycles. The lowest BCUT2D eigenvalue weighted by molar-refractivity contribution is 0.0950. The lowest BCUT2D eigenvalue weighted by Crippen LogP contribution is -2.23. The Morgan fingerprint density at radius 3 is 2.59 bits per heavy atom. The monoisotopic (exact) mass is 289 g/mol. The second kappa shape index (κ2) is 6.02. The average molecular weight is 289 g/mol. The number of fused-ring (bicyclic) bond motifs is 1. The highest BCUT2D eigenvalue weighted by Crippen LogP contribution is 2.18. The summed E-state index contributed by atoms with van der Waals surface area (Å²) in [4.78, 5) is 12.4. The van der Waals surface area contributed by atoms with Crippen LogP contribution < -0.4 is 5.32 Å². The molecule has 0 saturated carbocycles. The molecule has 0 aliphatic rings. The Morgan fingerprint density at radius 1 is 0.955 bits per heavy atom. The zero-order chi connectivity index (χ0) is 15.5. The maximum absolute atomic E-state index is 12.4. The van der Waals surface area contributed by atoms with Gasteiger partial charge in [-0.25, -0.2) is 0 Å². The lowest BCUT2D eigenvalue weighted by atomic mass is 10.0. The molecule has 0 radical (unpaired) electrons. The van der Waals surface area contributed by atoms with Crippen molar-refractivity contribution in [2.45, 2.75) is 20.4 Å². The first-order chi connectivity index (χ1) is 10.6. The number of hydrogen-bond donors (Lipinski definition) is 1. The molecule has 3 rings (SSSR count). The molecule has 22 heavy (non-hydrogen) atoms. The van der Waals surface area contributed by atoms with E-state index in [1.165, 1.54) is 10.8 Å². The van der Waals surface area contributed by atoms with Crippen LogP contribution >= 0.6 is 0 Å². The van der Waals surface area contributed by atoms with Crippen molar-refractivity contribution in [3.8, 4) is 0 Å². The highest BCUT2D eigenvalue weighted by molar-refractivity contribution is 5.96. The van der Waals surface area contributed by atoms with Gasteiger partial charge in [0.1, 0.15) is 0 Å². The van der Waals surface area contributed by atoms with E-state index >= 15 is 0 Å². The van der Waals surface area contributed by atoms with Gasteiger partial charge in [0, 0.05) is 12.1 Å². The topological polar surface area (TPSA) is 29.1 Å². The average Bonchev–Trinajstić information content (AvgIpc) is 2.54. The van der Waals surface area contributed by atoms with E-state index in [0.717, 1.165) is 22.3 Å². The van der Waals surface area contributed by atoms with E-state index < -0.39 is 0 Å². The number of amides is 1. The summed E-state index contributed by atoms with van der Waals surface area (Å²) in [5.74, 6) is -0.0193. The largest absolute Gasteiger partial charge is 0.348 e. The molecule has 3 aromatic carbocycles. The van der Waals surface area contributed by atoms with Crippen LogP contribution in [-0.4, -0.2) is 5.91 Å². The first-order valence-corrected chi connectivity index (χ1v) is 7.47. The van der Waals surface area contributed by atoms with Crippen LogP contribution in [0.15, 0.2) is 60.7 Å². The number of nitrogens with one attached hydrogen (secondary N) is 1. The second-order valence-corrected chi connectivity index (χ2v) is 5.64. The molecule has 0 aliphatic heterocycles. The molecular formula is C20H19NO. The van der Waals surface area contributed by atoms with Crippen LogP contribution in [0.3, 0.4) is 0 Å². The number of carbonyl (C=O) groups excluding carboxylic acids is 1. The van der Waals surface area contributed by atoms with Crippen molar-refractivity contribution in [2.24, 2.45) is 0 Å². The van der Waals surface area contributed by atoms with Crippen LogP contribution in [0.25, 0.3) is 10.8 Å². The van der Waals surface area contributed by atoms with E-state index in [9.17, 15) is 4.79 Å². The van der Waals surface area contributed by atoms with Crippen LogP contribution in [-0.2, 0) is 6.54 Å². The fourth-order valence-electron chi connectivity index (χ4n) is 2.70. The van der Waals surface area contributed by atoms with Gasteiger partial charge in [-0.15, -0.1) is 0 Å². The van der Waals surface area contributed by atoms with Gasteiger partial charge < -0.3 is 5.32 Å². The fourth-order valence-corrected chi connectivity index (χ4v) is 2.70. The van der Waals surface area contributed by atoms with Gasteiger partial charge in [-0.05, 0) is 41.8 Å². The minimum Gasteiger partial charge on any atom is -0.348 e. The van der Waals surface area contributed by atoms with Crippen molar-refractivity contribution in [2.75, 3.05) is 0 Å². The van der Waals surface area contributed by atoms with E-state index in [2.05, 4.69) is 29.6 Å². The van der Waals surface area contributed by atoms with Gasteiger partial charge >= 0.3 is 0 Å². The normalized spacial score (nSPS) is 10.6. The summed E-state index contributed by atoms with van der Waals surface area (Å²) in [5, 5.41) is 5.42. The Labute approximate surface area is 130 Å². The van der Waals surface area contributed by atoms with Gasteiger partial charge in [0.15, 0.2) is 0 Å². The van der Waals surface area contributed by atoms with E-state index in [-0.39, 0.29) is 5.91 Å². The van der Waals surface area contributed by atoms with E-state index in [1.54, 1.807) is 0 Å². The molecule has 0 bridgehead atoms. The Kier molecular flexibility index (Phi) is 3.92. The Morgan fingerprint density at radius 2 is 1.73 bits per heavy atom. The summed E-state index contributed by atoms with van der Waals surface area (Å²) < 4.78 is 0. The second-order valence-electron chi connectivity index (χ2n) is 5.64. The molecule has 0 saturated heterocycles. The molecular weight excluding hydrogens is 270 g/mol. The number of rotatable bonds is 3. The third-order valence-corrected chi connectivity index (χ3v) is 3.96. The zero-order valence-corrected chi connectivity index (χ0v) is 12.9. The van der Waals surface area contributed by atoms with Gasteiger partial charge in [0.2, 0.25) is 0 Å². The Hall–Kier alpha value is -2.61. The van der Waals surface area contributed by atoms with Crippen LogP contribution in [0.5, 0.6) is 0 Å². The molecule has 0 fully saturated rings. The molecule has 0 spiro atoms. The summed E-state index contributed by atoms with van der Waals surface area (Å²) in [6.45, 7) is 4.50. The predicted octanol–water partition coefficient (Wildman–Crippen LogP) is 4.39. The van der Waals surface area contributed by atoms with Crippen molar-refractivity contribution in [3.63, 3.8) is 0 Å². The molecule has 1 amide bonds. The lowest BCUT2D eigenvalue weighted by Gasteiger charge is -2.10. The maximum Gasteiger partial charge on any atom is 0.251 e. The van der Waals surface area contributed by atoms with Gasteiger partial charge in [0.05, 0.1) is 0 Å². The number of benzene rings is 3. The van der Waals surface area contributed by atoms with Crippen molar-refractivity contribution >= 4 is 16.7 Å². The minimum atomic E-state index is -0.0193. The molecule has 0 unspecified atom stereocenters. The molecule has 2 nitrogen and oxygen atoms in total. The predicted molar refractivity (Wildman–Crippen MR) is 91.0 cm³/mol. The molecule has 1 N–H and O–H groups in total. The number of hydrogen-bond acceptors (Lipinski definition) is 1. The van der Waals surface area contributed by atoms with Gasteiger partial charge in [-0.3, -0.25) is 4.79 Å². The number of aryl methyl sites for hydroxylation is 2. The van der Waals surface area contributed by atoms with Crippen molar-refractivity contribution in [3.05, 3.63) is 82.9 Å². The van der Waals surface area contributed by atoms with Gasteiger partial charge in [-0.2, -0.15) is 0 Å². The maximum atomic E-state index is 12.4. The van der Waals surface area contributed by atoms with E-state index in [1.807, 2.05) is 50.2 Å². The van der Waals surface area contributed by atoms with Crippen molar-refractivity contribution < 1.29 is 4.79 Å². The van der Waals surface area contributed by atoms with E-state index in [4.69, 9.17) is 0 Å². The fraction of sp³-hybridized carbons (Fsp3) is 0.150. The molecule has 110 valence electrons. The molecule has 0 aromatic heterocycles. The Bertz CT molecular complexity index is 831. The van der Waals surface area contributed by atoms with Crippen LogP contribution in [0.1, 0.15) is 27.0 Å². The quantitative estimate of drug-likeness (QED) is 0.761. The smallest absolute Gasteiger partial charge is 0.251 e. The third-order valence-electron chi connectivity index (χ3n) is 3.96. The summed E-state index contributed by atoms with van der Waals surface area (Å²) >= 11 is 0. The van der Waals surface area contributed by atoms with Crippen molar-refractivity contribution in [1.29, 1.82) is 0 Å².